The number of anilines is 2. The van der Waals surface area contributed by atoms with Crippen molar-refractivity contribution in [3.8, 4) is 0 Å². The second-order valence-electron chi connectivity index (χ2n) is 24.5. The number of hydrogen-bond acceptors (Lipinski definition) is 3. The number of fused-ring (bicyclic) bond motifs is 6. The summed E-state index contributed by atoms with van der Waals surface area (Å²) in [6, 6.07) is 14.3. The van der Waals surface area contributed by atoms with E-state index in [1.54, 1.807) is 21.6 Å². The molecular formula is C61H76BN2S. The summed E-state index contributed by atoms with van der Waals surface area (Å²) in [6.07, 6.45) is 32.1. The lowest BCUT2D eigenvalue weighted by Crippen LogP contribution is -2.35. The maximum Gasteiger partial charge on any atom is 0.190 e. The van der Waals surface area contributed by atoms with Gasteiger partial charge in [-0.2, -0.15) is 0 Å². The predicted octanol–water partition coefficient (Wildman–Crippen LogP) is 17.1. The van der Waals surface area contributed by atoms with E-state index in [0.29, 0.717) is 11.3 Å². The summed E-state index contributed by atoms with van der Waals surface area (Å²) >= 11 is 2.08. The molecule has 2 bridgehead atoms. The van der Waals surface area contributed by atoms with Gasteiger partial charge in [-0.1, -0.05) is 166 Å². The van der Waals surface area contributed by atoms with Gasteiger partial charge in [-0.15, -0.1) is 0 Å². The highest BCUT2D eigenvalue weighted by atomic mass is 32.2. The SMILES string of the molecule is CCCCCC1=CC(C2CC=CC3=C2Nc2ccccc2C3(C)C)=C2[B]C3=C4SC(/C=C5\CC(C)(C)CCC5(C)C)=CC4CC=C3N(c3cc4c(cc3C)C(C)(C)CCC4(C)C)C(=C1)C2. The first-order valence-corrected chi connectivity index (χ1v) is 26.4. The third-order valence-electron chi connectivity index (χ3n) is 17.3. The van der Waals surface area contributed by atoms with Gasteiger partial charge in [-0.05, 0) is 160 Å². The molecule has 4 heteroatoms. The summed E-state index contributed by atoms with van der Waals surface area (Å²) in [7, 11) is 2.70. The first-order chi connectivity index (χ1) is 30.8. The molecule has 1 saturated heterocycles. The molecule has 2 atom stereocenters. The number of thioether (sulfide) groups is 1. The lowest BCUT2D eigenvalue weighted by molar-refractivity contribution is 0.199. The minimum atomic E-state index is -0.0913. The molecule has 1 saturated carbocycles. The van der Waals surface area contributed by atoms with Crippen LogP contribution in [0.25, 0.3) is 0 Å². The fourth-order valence-corrected chi connectivity index (χ4v) is 14.1. The topological polar surface area (TPSA) is 15.3 Å². The molecule has 5 aliphatic carbocycles. The van der Waals surface area contributed by atoms with E-state index in [1.165, 1.54) is 124 Å². The van der Waals surface area contributed by atoms with Crippen molar-refractivity contribution in [1.29, 1.82) is 0 Å². The van der Waals surface area contributed by atoms with Crippen molar-refractivity contribution in [2.24, 2.45) is 22.7 Å². The number of allylic oxidation sites excluding steroid dienone is 14. The number of unbranched alkanes of at least 4 members (excludes halogenated alkanes) is 2. The van der Waals surface area contributed by atoms with Gasteiger partial charge in [-0.3, -0.25) is 0 Å². The number of benzene rings is 2. The standard InChI is InChI=1S/C61H76BN2S/c1-13-14-15-19-39-31-42-35-50(45(32-39)44-20-18-22-47-55(44)63-51-23-17-16-21-46(51)61(47,11)12)62-54-52(64(42)53-36-49-48(30-38(53)2)59(7,8)28-29-60(49,9)10)25-24-40-33-43(65-56(40)54)34-41-37-57(3,4)26-27-58(41,5)6/h16-18,21-23,25,30-34,36,40,44,63H,13-15,19-20,24,26-29,35,37H2,1-12H3/b41-34+. The molecule has 339 valence electrons. The molecular weight excluding hydrogens is 804 g/mol. The van der Waals surface area contributed by atoms with Gasteiger partial charge in [0.1, 0.15) is 0 Å². The fourth-order valence-electron chi connectivity index (χ4n) is 12.8. The van der Waals surface area contributed by atoms with E-state index in [2.05, 4.69) is 191 Å². The predicted molar refractivity (Wildman–Crippen MR) is 282 cm³/mol. The maximum absolute atomic E-state index is 4.10. The maximum atomic E-state index is 4.10. The normalized spacial score (nSPS) is 27.1. The molecule has 65 heavy (non-hydrogen) atoms. The first kappa shape index (κ1) is 44.9. The Balaban J connectivity index is 1.17. The van der Waals surface area contributed by atoms with Crippen LogP contribution in [0.2, 0.25) is 0 Å². The van der Waals surface area contributed by atoms with Gasteiger partial charge in [0.05, 0.1) is 0 Å². The van der Waals surface area contributed by atoms with Gasteiger partial charge in [-0.25, -0.2) is 0 Å². The van der Waals surface area contributed by atoms with Crippen molar-refractivity contribution in [3.63, 3.8) is 0 Å². The van der Waals surface area contributed by atoms with Crippen LogP contribution in [0.1, 0.15) is 175 Å². The van der Waals surface area contributed by atoms with E-state index in [-0.39, 0.29) is 27.6 Å². The van der Waals surface area contributed by atoms with Crippen LogP contribution in [-0.4, -0.2) is 7.28 Å². The Morgan fingerprint density at radius 1 is 0.846 bits per heavy atom. The Morgan fingerprint density at radius 3 is 2.35 bits per heavy atom. The number of nitrogens with zero attached hydrogens (tertiary/aromatic N) is 1. The van der Waals surface area contributed by atoms with E-state index in [9.17, 15) is 0 Å². The van der Waals surface area contributed by atoms with E-state index in [0.717, 1.165) is 25.7 Å². The van der Waals surface area contributed by atoms with Crippen LogP contribution in [0.5, 0.6) is 0 Å². The molecule has 2 aromatic rings. The van der Waals surface area contributed by atoms with Crippen LogP contribution in [-0.2, 0) is 16.2 Å². The number of rotatable bonds is 7. The molecule has 1 N–H and O–H groups in total. The zero-order valence-electron chi connectivity index (χ0n) is 42.1. The zero-order chi connectivity index (χ0) is 45.8. The van der Waals surface area contributed by atoms with Gasteiger partial charge < -0.3 is 10.2 Å². The van der Waals surface area contributed by atoms with Crippen LogP contribution in [0.4, 0.5) is 11.4 Å². The molecule has 2 nitrogen and oxygen atoms in total. The highest BCUT2D eigenvalue weighted by Gasteiger charge is 2.44. The van der Waals surface area contributed by atoms with Crippen LogP contribution < -0.4 is 10.2 Å². The van der Waals surface area contributed by atoms with Crippen LogP contribution >= 0.6 is 11.8 Å². The molecule has 2 fully saturated rings. The average Bonchev–Trinajstić information content (AvgIpc) is 3.49. The summed E-state index contributed by atoms with van der Waals surface area (Å²) in [5.41, 5.74) is 22.5. The van der Waals surface area contributed by atoms with E-state index in [1.807, 2.05) is 0 Å². The van der Waals surface area contributed by atoms with E-state index >= 15 is 0 Å². The van der Waals surface area contributed by atoms with Gasteiger partial charge in [0, 0.05) is 57.0 Å². The van der Waals surface area contributed by atoms with E-state index < -0.39 is 0 Å². The zero-order valence-corrected chi connectivity index (χ0v) is 42.9. The first-order valence-electron chi connectivity index (χ1n) is 25.5. The van der Waals surface area contributed by atoms with Crippen molar-refractivity contribution < 1.29 is 0 Å². The van der Waals surface area contributed by atoms with Gasteiger partial charge in [0.15, 0.2) is 7.28 Å². The summed E-state index contributed by atoms with van der Waals surface area (Å²) in [6.45, 7) is 29.5. The van der Waals surface area contributed by atoms with E-state index in [4.69, 9.17) is 0 Å². The summed E-state index contributed by atoms with van der Waals surface area (Å²) in [4.78, 5) is 5.78. The molecule has 8 aliphatic rings. The highest BCUT2D eigenvalue weighted by Crippen LogP contribution is 2.57. The van der Waals surface area contributed by atoms with Crippen molar-refractivity contribution >= 4 is 30.4 Å². The minimum Gasteiger partial charge on any atom is -0.358 e. The van der Waals surface area contributed by atoms with Crippen molar-refractivity contribution in [2.45, 2.75) is 176 Å². The highest BCUT2D eigenvalue weighted by molar-refractivity contribution is 8.07. The third kappa shape index (κ3) is 7.92. The lowest BCUT2D eigenvalue weighted by atomic mass is 9.56. The van der Waals surface area contributed by atoms with Gasteiger partial charge >= 0.3 is 0 Å². The Bertz CT molecular complexity index is 2640. The second-order valence-corrected chi connectivity index (χ2v) is 25.6. The average molecular weight is 880 g/mol. The molecule has 0 spiro atoms. The molecule has 0 aromatic heterocycles. The van der Waals surface area contributed by atoms with Crippen LogP contribution in [0.3, 0.4) is 0 Å². The molecule has 2 unspecified atom stereocenters. The smallest absolute Gasteiger partial charge is 0.190 e. The minimum absolute atomic E-state index is 0.0913. The van der Waals surface area contributed by atoms with Gasteiger partial charge in [0.2, 0.25) is 0 Å². The molecule has 2 aromatic carbocycles. The number of para-hydroxylation sites is 1. The van der Waals surface area contributed by atoms with Crippen LogP contribution in [0, 0.1) is 29.6 Å². The summed E-state index contributed by atoms with van der Waals surface area (Å²) in [5.74, 6) is 0.641. The largest absolute Gasteiger partial charge is 0.358 e. The monoisotopic (exact) mass is 880 g/mol. The second kappa shape index (κ2) is 16.1. The number of aryl methyl sites for hydroxylation is 1. The quantitative estimate of drug-likeness (QED) is 0.220. The fraction of sp³-hybridized carbons (Fsp3) is 0.508. The molecule has 3 aliphatic heterocycles. The molecule has 3 heterocycles. The Hall–Kier alpha value is -3.89. The van der Waals surface area contributed by atoms with Crippen molar-refractivity contribution in [1.82, 2.24) is 0 Å². The third-order valence-corrected chi connectivity index (χ3v) is 18.5. The number of hydrogen-bond donors (Lipinski definition) is 1. The Labute approximate surface area is 399 Å². The lowest BCUT2D eigenvalue weighted by Gasteiger charge is -2.43. The molecule has 1 radical (unpaired) electrons. The van der Waals surface area contributed by atoms with Crippen LogP contribution in [0.15, 0.2) is 139 Å². The van der Waals surface area contributed by atoms with Crippen molar-refractivity contribution in [2.75, 3.05) is 10.2 Å². The number of nitrogens with one attached hydrogen (secondary N) is 1. The molecule has 10 rings (SSSR count). The van der Waals surface area contributed by atoms with Gasteiger partial charge in [0.25, 0.3) is 0 Å². The summed E-state index contributed by atoms with van der Waals surface area (Å²) in [5, 5.41) is 4.10. The Morgan fingerprint density at radius 2 is 1.58 bits per heavy atom. The Kier molecular flexibility index (Phi) is 11.1. The van der Waals surface area contributed by atoms with Crippen molar-refractivity contribution in [3.05, 3.63) is 161 Å². The molecule has 0 amide bonds. The summed E-state index contributed by atoms with van der Waals surface area (Å²) < 4.78 is 0.